The first kappa shape index (κ1) is 17.3. The highest BCUT2D eigenvalue weighted by molar-refractivity contribution is 5.90. The van der Waals surface area contributed by atoms with E-state index < -0.39 is 0 Å². The maximum atomic E-state index is 9.40. The fourth-order valence-electron chi connectivity index (χ4n) is 4.21. The molecule has 0 bridgehead atoms. The summed E-state index contributed by atoms with van der Waals surface area (Å²) in [5, 5.41) is 11.8. The molecular weight excluding hydrogens is 350 g/mol. The Kier molecular flexibility index (Phi) is 4.50. The molecule has 6 nitrogen and oxygen atoms in total. The van der Waals surface area contributed by atoms with E-state index in [0.717, 1.165) is 61.6 Å². The van der Waals surface area contributed by atoms with Gasteiger partial charge in [-0.15, -0.1) is 0 Å². The number of benzene rings is 1. The van der Waals surface area contributed by atoms with Gasteiger partial charge in [0.2, 0.25) is 0 Å². The highest BCUT2D eigenvalue weighted by Gasteiger charge is 2.20. The minimum atomic E-state index is 0.0878. The molecule has 0 aliphatic carbocycles. The predicted octanol–water partition coefficient (Wildman–Crippen LogP) is 2.90. The lowest BCUT2D eigenvalue weighted by Crippen LogP contribution is -2.47. The lowest BCUT2D eigenvalue weighted by atomic mass is 10.1. The van der Waals surface area contributed by atoms with Crippen molar-refractivity contribution >= 4 is 27.6 Å². The number of nitrogens with one attached hydrogen (secondary N) is 2. The monoisotopic (exact) mass is 375 g/mol. The molecule has 5 rings (SSSR count). The fourth-order valence-corrected chi connectivity index (χ4v) is 4.21. The summed E-state index contributed by atoms with van der Waals surface area (Å²) in [6.07, 6.45) is 6.99. The molecule has 3 N–H and O–H groups in total. The molecule has 144 valence electrons. The normalized spacial score (nSPS) is 15.7. The molecule has 1 fully saturated rings. The van der Waals surface area contributed by atoms with E-state index in [1.807, 2.05) is 24.5 Å². The number of rotatable bonds is 5. The summed E-state index contributed by atoms with van der Waals surface area (Å²) in [6.45, 7) is 5.23. The van der Waals surface area contributed by atoms with Crippen LogP contribution in [0.4, 0.5) is 5.82 Å². The first-order chi connectivity index (χ1) is 13.8. The van der Waals surface area contributed by atoms with Crippen LogP contribution in [0.25, 0.3) is 21.8 Å². The summed E-state index contributed by atoms with van der Waals surface area (Å²) in [5.41, 5.74) is 4.58. The van der Waals surface area contributed by atoms with Crippen LogP contribution >= 0.6 is 0 Å². The zero-order chi connectivity index (χ0) is 18.9. The van der Waals surface area contributed by atoms with Gasteiger partial charge in [0.15, 0.2) is 0 Å². The summed E-state index contributed by atoms with van der Waals surface area (Å²) in [6, 6.07) is 10.3. The second-order valence-electron chi connectivity index (χ2n) is 7.50. The number of fused-ring (bicyclic) bond motifs is 2. The van der Waals surface area contributed by atoms with Crippen molar-refractivity contribution in [2.75, 3.05) is 37.6 Å². The number of aliphatic hydroxyl groups excluding tert-OH is 1. The maximum absolute atomic E-state index is 9.40. The molecule has 0 saturated carbocycles. The molecule has 0 spiro atoms. The minimum absolute atomic E-state index is 0.0878. The third-order valence-electron chi connectivity index (χ3n) is 5.84. The van der Waals surface area contributed by atoms with E-state index >= 15 is 0 Å². The lowest BCUT2D eigenvalue weighted by Gasteiger charge is -2.35. The van der Waals surface area contributed by atoms with Crippen molar-refractivity contribution in [3.05, 3.63) is 60.0 Å². The van der Waals surface area contributed by atoms with Crippen molar-refractivity contribution in [3.8, 4) is 0 Å². The van der Waals surface area contributed by atoms with Crippen molar-refractivity contribution in [1.82, 2.24) is 19.9 Å². The Balaban J connectivity index is 1.23. The van der Waals surface area contributed by atoms with E-state index in [2.05, 4.69) is 49.1 Å². The SMILES string of the molecule is OCc1ccc2[nH]cc(CCN3CCN(c4nccc5[nH]ccc45)CC3)c2c1. The van der Waals surface area contributed by atoms with E-state index in [-0.39, 0.29) is 6.61 Å². The van der Waals surface area contributed by atoms with Crippen LogP contribution in [0.2, 0.25) is 0 Å². The first-order valence-corrected chi connectivity index (χ1v) is 9.91. The Labute approximate surface area is 163 Å². The molecule has 0 unspecified atom stereocenters. The number of pyridine rings is 1. The standard InChI is InChI=1S/C22H25N5O/c28-15-16-1-2-20-19(13-16)17(14-25-20)5-8-26-9-11-27(12-10-26)22-18-3-6-23-21(18)4-7-24-22/h1-4,6-7,13-14,23,25,28H,5,8-12,15H2. The molecule has 0 radical (unpaired) electrons. The number of piperazine rings is 1. The van der Waals surface area contributed by atoms with Crippen LogP contribution in [0.5, 0.6) is 0 Å². The first-order valence-electron chi connectivity index (χ1n) is 9.91. The van der Waals surface area contributed by atoms with Gasteiger partial charge in [-0.25, -0.2) is 4.98 Å². The summed E-state index contributed by atoms with van der Waals surface area (Å²) in [5.74, 6) is 1.09. The van der Waals surface area contributed by atoms with E-state index in [1.54, 1.807) is 0 Å². The van der Waals surface area contributed by atoms with Gasteiger partial charge in [-0.1, -0.05) is 6.07 Å². The van der Waals surface area contributed by atoms with Gasteiger partial charge in [-0.05, 0) is 41.8 Å². The molecule has 3 aromatic heterocycles. The van der Waals surface area contributed by atoms with Gasteiger partial charge in [0.1, 0.15) is 5.82 Å². The molecule has 1 aromatic carbocycles. The highest BCUT2D eigenvalue weighted by atomic mass is 16.3. The van der Waals surface area contributed by atoms with Crippen LogP contribution in [0.3, 0.4) is 0 Å². The predicted molar refractivity (Wildman–Crippen MR) is 113 cm³/mol. The van der Waals surface area contributed by atoms with Gasteiger partial charge < -0.3 is 20.0 Å². The van der Waals surface area contributed by atoms with Crippen molar-refractivity contribution in [1.29, 1.82) is 0 Å². The Morgan fingerprint density at radius 1 is 0.964 bits per heavy atom. The van der Waals surface area contributed by atoms with Gasteiger partial charge >= 0.3 is 0 Å². The minimum Gasteiger partial charge on any atom is -0.392 e. The van der Waals surface area contributed by atoms with Gasteiger partial charge in [0.05, 0.1) is 12.1 Å². The summed E-state index contributed by atoms with van der Waals surface area (Å²) in [7, 11) is 0. The zero-order valence-electron chi connectivity index (χ0n) is 15.9. The number of hydrogen-bond donors (Lipinski definition) is 3. The van der Waals surface area contributed by atoms with E-state index in [9.17, 15) is 5.11 Å². The van der Waals surface area contributed by atoms with Crippen LogP contribution in [-0.4, -0.2) is 57.7 Å². The third-order valence-corrected chi connectivity index (χ3v) is 5.84. The van der Waals surface area contributed by atoms with Crippen molar-refractivity contribution in [3.63, 3.8) is 0 Å². The van der Waals surface area contributed by atoms with Crippen molar-refractivity contribution < 1.29 is 5.11 Å². The molecule has 4 heterocycles. The van der Waals surface area contributed by atoms with Crippen LogP contribution in [0.15, 0.2) is 48.9 Å². The Hall–Kier alpha value is -2.83. The summed E-state index contributed by atoms with van der Waals surface area (Å²) < 4.78 is 0. The van der Waals surface area contributed by atoms with Crippen LogP contribution < -0.4 is 4.90 Å². The lowest BCUT2D eigenvalue weighted by molar-refractivity contribution is 0.261. The van der Waals surface area contributed by atoms with Gasteiger partial charge in [0.25, 0.3) is 0 Å². The second kappa shape index (κ2) is 7.30. The van der Waals surface area contributed by atoms with Gasteiger partial charge in [-0.2, -0.15) is 0 Å². The summed E-state index contributed by atoms with van der Waals surface area (Å²) in [4.78, 5) is 16.2. The van der Waals surface area contributed by atoms with Crippen LogP contribution in [-0.2, 0) is 13.0 Å². The van der Waals surface area contributed by atoms with Crippen molar-refractivity contribution in [2.45, 2.75) is 13.0 Å². The number of aromatic amines is 2. The Morgan fingerprint density at radius 2 is 1.82 bits per heavy atom. The smallest absolute Gasteiger partial charge is 0.138 e. The molecule has 1 aliphatic heterocycles. The van der Waals surface area contributed by atoms with E-state index in [1.165, 1.54) is 16.3 Å². The Bertz CT molecular complexity index is 1090. The average Bonchev–Trinajstić information content (AvgIpc) is 3.39. The summed E-state index contributed by atoms with van der Waals surface area (Å²) >= 11 is 0. The zero-order valence-corrected chi connectivity index (χ0v) is 15.9. The van der Waals surface area contributed by atoms with E-state index in [4.69, 9.17) is 0 Å². The number of anilines is 1. The fraction of sp³-hybridized carbons (Fsp3) is 0.318. The number of aliphatic hydroxyl groups is 1. The molecule has 1 aliphatic rings. The number of nitrogens with zero attached hydrogens (tertiary/aromatic N) is 3. The molecule has 4 aromatic rings. The largest absolute Gasteiger partial charge is 0.392 e. The van der Waals surface area contributed by atoms with Crippen LogP contribution in [0.1, 0.15) is 11.1 Å². The van der Waals surface area contributed by atoms with Crippen LogP contribution in [0, 0.1) is 0 Å². The highest BCUT2D eigenvalue weighted by Crippen LogP contribution is 2.25. The Morgan fingerprint density at radius 3 is 2.68 bits per heavy atom. The molecule has 0 atom stereocenters. The number of H-pyrrole nitrogens is 2. The number of aromatic nitrogens is 3. The molecular formula is C22H25N5O. The molecule has 28 heavy (non-hydrogen) atoms. The number of hydrogen-bond acceptors (Lipinski definition) is 4. The second-order valence-corrected chi connectivity index (χ2v) is 7.50. The van der Waals surface area contributed by atoms with Gasteiger partial charge in [0, 0.05) is 67.6 Å². The average molecular weight is 375 g/mol. The van der Waals surface area contributed by atoms with E-state index in [0.29, 0.717) is 0 Å². The molecule has 1 saturated heterocycles. The maximum Gasteiger partial charge on any atom is 0.138 e. The third kappa shape index (κ3) is 3.15. The molecule has 0 amide bonds. The molecule has 6 heteroatoms. The van der Waals surface area contributed by atoms with Gasteiger partial charge in [-0.3, -0.25) is 4.90 Å². The quantitative estimate of drug-likeness (QED) is 0.502. The van der Waals surface area contributed by atoms with Crippen molar-refractivity contribution in [2.24, 2.45) is 0 Å². The topological polar surface area (TPSA) is 71.2 Å².